The Kier molecular flexibility index (Phi) is 7.24. The summed E-state index contributed by atoms with van der Waals surface area (Å²) in [5.41, 5.74) is 0.779. The third-order valence-electron chi connectivity index (χ3n) is 4.48. The normalized spacial score (nSPS) is 13.9. The number of allylic oxidation sites excluding steroid dienone is 1. The minimum Gasteiger partial charge on any atom is -0.350 e. The molecule has 0 radical (unpaired) electrons. The topological polar surface area (TPSA) is 49.4 Å². The van der Waals surface area contributed by atoms with Crippen molar-refractivity contribution >= 4 is 11.8 Å². The number of rotatable bonds is 7. The van der Waals surface area contributed by atoms with Crippen LogP contribution in [0.1, 0.15) is 49.4 Å². The third-order valence-corrected chi connectivity index (χ3v) is 4.48. The molecule has 2 rings (SSSR count). The first-order chi connectivity index (χ1) is 12.4. The summed E-state index contributed by atoms with van der Waals surface area (Å²) in [6.07, 6.45) is 7.51. The lowest BCUT2D eigenvalue weighted by atomic mass is 9.97. The molecule has 0 heterocycles. The van der Waals surface area contributed by atoms with Crippen LogP contribution in [-0.2, 0) is 4.79 Å². The molecule has 26 heavy (non-hydrogen) atoms. The molecule has 1 aliphatic carbocycles. The predicted octanol–water partition coefficient (Wildman–Crippen LogP) is 3.57. The second-order valence-electron chi connectivity index (χ2n) is 6.34. The molecule has 1 aromatic carbocycles. The molecule has 0 spiro atoms. The molecule has 142 valence electrons. The van der Waals surface area contributed by atoms with E-state index in [1.165, 1.54) is 25.3 Å². The van der Waals surface area contributed by atoms with Crippen LogP contribution in [0.15, 0.2) is 23.8 Å². The van der Waals surface area contributed by atoms with E-state index in [0.29, 0.717) is 12.6 Å². The van der Waals surface area contributed by atoms with E-state index in [-0.39, 0.29) is 19.0 Å². The quantitative estimate of drug-likeness (QED) is 0.591. The summed E-state index contributed by atoms with van der Waals surface area (Å²) in [5, 5.41) is 2.43. The smallest absolute Gasteiger partial charge is 0.254 e. The molecule has 0 bridgehead atoms. The zero-order valence-corrected chi connectivity index (χ0v) is 14.8. The van der Waals surface area contributed by atoms with E-state index in [2.05, 4.69) is 11.4 Å². The Labute approximate surface area is 151 Å². The fourth-order valence-electron chi connectivity index (χ4n) is 2.94. The van der Waals surface area contributed by atoms with Gasteiger partial charge in [-0.05, 0) is 44.2 Å². The molecule has 7 heteroatoms. The van der Waals surface area contributed by atoms with Crippen molar-refractivity contribution in [3.63, 3.8) is 0 Å². The third kappa shape index (κ3) is 5.34. The van der Waals surface area contributed by atoms with Gasteiger partial charge in [0.25, 0.3) is 5.91 Å². The largest absolute Gasteiger partial charge is 0.350 e. The van der Waals surface area contributed by atoms with Crippen LogP contribution in [0.5, 0.6) is 0 Å². The number of nitrogens with zero attached hydrogens (tertiary/aromatic N) is 1. The van der Waals surface area contributed by atoms with Crippen LogP contribution in [0.3, 0.4) is 0 Å². The highest BCUT2D eigenvalue weighted by Crippen LogP contribution is 2.20. The van der Waals surface area contributed by atoms with Gasteiger partial charge in [-0.15, -0.1) is 0 Å². The molecule has 0 fully saturated rings. The van der Waals surface area contributed by atoms with Gasteiger partial charge in [0, 0.05) is 26.6 Å². The van der Waals surface area contributed by atoms with Gasteiger partial charge < -0.3 is 10.2 Å². The minimum absolute atomic E-state index is 0.0932. The van der Waals surface area contributed by atoms with Crippen molar-refractivity contribution < 1.29 is 22.8 Å². The van der Waals surface area contributed by atoms with Crippen LogP contribution in [0.2, 0.25) is 0 Å². The number of hydrogen-bond donors (Lipinski definition) is 1. The van der Waals surface area contributed by atoms with Gasteiger partial charge in [-0.2, -0.15) is 0 Å². The molecule has 0 atom stereocenters. The monoisotopic (exact) mass is 368 g/mol. The number of halogens is 3. The van der Waals surface area contributed by atoms with E-state index in [4.69, 9.17) is 0 Å². The Morgan fingerprint density at radius 1 is 1.12 bits per heavy atom. The zero-order chi connectivity index (χ0) is 19.1. The molecule has 1 N–H and O–H groups in total. The maximum atomic E-state index is 13.6. The highest BCUT2D eigenvalue weighted by Gasteiger charge is 2.19. The molecule has 0 saturated heterocycles. The lowest BCUT2D eigenvalue weighted by molar-refractivity contribution is -0.128. The van der Waals surface area contributed by atoms with Crippen molar-refractivity contribution in [3.05, 3.63) is 46.8 Å². The maximum absolute atomic E-state index is 13.6. The number of hydrogen-bond acceptors (Lipinski definition) is 2. The first kappa shape index (κ1) is 20.0. The standard InChI is InChI=1S/C19H23F3N2O2/c1-13(25)24(11-9-14-5-3-2-4-6-14)12-10-23-19(26)15-7-8-16(20)18(22)17(15)21/h5,7-8H,2-4,6,9-12H2,1H3,(H,23,26). The van der Waals surface area contributed by atoms with Crippen LogP contribution in [0.25, 0.3) is 0 Å². The first-order valence-corrected chi connectivity index (χ1v) is 8.75. The van der Waals surface area contributed by atoms with Gasteiger partial charge in [0.2, 0.25) is 5.91 Å². The van der Waals surface area contributed by atoms with Crippen LogP contribution in [0.4, 0.5) is 13.2 Å². The molecule has 0 saturated carbocycles. The summed E-state index contributed by atoms with van der Waals surface area (Å²) < 4.78 is 39.7. The van der Waals surface area contributed by atoms with Crippen molar-refractivity contribution in [1.29, 1.82) is 0 Å². The second kappa shape index (κ2) is 9.40. The number of nitrogens with one attached hydrogen (secondary N) is 1. The summed E-state index contributed by atoms with van der Waals surface area (Å²) in [7, 11) is 0. The van der Waals surface area contributed by atoms with Crippen LogP contribution >= 0.6 is 0 Å². The van der Waals surface area contributed by atoms with Crippen molar-refractivity contribution in [3.8, 4) is 0 Å². The fraction of sp³-hybridized carbons (Fsp3) is 0.474. The Hall–Kier alpha value is -2.31. The van der Waals surface area contributed by atoms with Gasteiger partial charge in [0.1, 0.15) is 0 Å². The number of benzene rings is 1. The molecule has 2 amide bonds. The second-order valence-corrected chi connectivity index (χ2v) is 6.34. The molecular weight excluding hydrogens is 345 g/mol. The average Bonchev–Trinajstić information content (AvgIpc) is 2.63. The van der Waals surface area contributed by atoms with E-state index in [1.54, 1.807) is 4.90 Å². The number of carbonyl (C=O) groups is 2. The van der Waals surface area contributed by atoms with Gasteiger partial charge in [-0.3, -0.25) is 9.59 Å². The zero-order valence-electron chi connectivity index (χ0n) is 14.8. The molecule has 0 aliphatic heterocycles. The van der Waals surface area contributed by atoms with Crippen molar-refractivity contribution in [2.45, 2.75) is 39.0 Å². The fourth-order valence-corrected chi connectivity index (χ4v) is 2.94. The SMILES string of the molecule is CC(=O)N(CCNC(=O)c1ccc(F)c(F)c1F)CCC1=CCCCC1. The van der Waals surface area contributed by atoms with Crippen molar-refractivity contribution in [2.24, 2.45) is 0 Å². The summed E-state index contributed by atoms with van der Waals surface area (Å²) in [4.78, 5) is 25.3. The summed E-state index contributed by atoms with van der Waals surface area (Å²) >= 11 is 0. The number of amides is 2. The highest BCUT2D eigenvalue weighted by atomic mass is 19.2. The molecule has 0 unspecified atom stereocenters. The van der Waals surface area contributed by atoms with E-state index in [9.17, 15) is 22.8 Å². The molecule has 1 aromatic rings. The summed E-state index contributed by atoms with van der Waals surface area (Å²) in [5.74, 6) is -5.51. The van der Waals surface area contributed by atoms with E-state index < -0.39 is 28.9 Å². The number of carbonyl (C=O) groups excluding carboxylic acids is 2. The maximum Gasteiger partial charge on any atom is 0.254 e. The van der Waals surface area contributed by atoms with Crippen molar-refractivity contribution in [1.82, 2.24) is 10.2 Å². The average molecular weight is 368 g/mol. The first-order valence-electron chi connectivity index (χ1n) is 8.75. The van der Waals surface area contributed by atoms with Crippen molar-refractivity contribution in [2.75, 3.05) is 19.6 Å². The van der Waals surface area contributed by atoms with E-state index >= 15 is 0 Å². The Morgan fingerprint density at radius 3 is 2.54 bits per heavy atom. The van der Waals surface area contributed by atoms with E-state index in [1.807, 2.05) is 0 Å². The van der Waals surface area contributed by atoms with Gasteiger partial charge in [-0.1, -0.05) is 11.6 Å². The molecule has 1 aliphatic rings. The lowest BCUT2D eigenvalue weighted by Crippen LogP contribution is -2.38. The Balaban J connectivity index is 1.85. The van der Waals surface area contributed by atoms with Gasteiger partial charge in [-0.25, -0.2) is 13.2 Å². The minimum atomic E-state index is -1.68. The predicted molar refractivity (Wildman–Crippen MR) is 92.1 cm³/mol. The van der Waals surface area contributed by atoms with E-state index in [0.717, 1.165) is 25.3 Å². The van der Waals surface area contributed by atoms with Gasteiger partial charge in [0.05, 0.1) is 5.56 Å². The van der Waals surface area contributed by atoms with Crippen LogP contribution in [-0.4, -0.2) is 36.3 Å². The molecule has 0 aromatic heterocycles. The van der Waals surface area contributed by atoms with Gasteiger partial charge in [0.15, 0.2) is 17.5 Å². The highest BCUT2D eigenvalue weighted by molar-refractivity contribution is 5.94. The van der Waals surface area contributed by atoms with Crippen LogP contribution < -0.4 is 5.32 Å². The lowest BCUT2D eigenvalue weighted by Gasteiger charge is -2.23. The van der Waals surface area contributed by atoms with Gasteiger partial charge >= 0.3 is 0 Å². The molecule has 4 nitrogen and oxygen atoms in total. The Bertz CT molecular complexity index is 704. The van der Waals surface area contributed by atoms with Crippen LogP contribution in [0, 0.1) is 17.5 Å². The summed E-state index contributed by atoms with van der Waals surface area (Å²) in [6.45, 7) is 2.36. The summed E-state index contributed by atoms with van der Waals surface area (Å²) in [6, 6.07) is 1.59. The molecular formula is C19H23F3N2O2. The Morgan fingerprint density at radius 2 is 1.88 bits per heavy atom.